The van der Waals surface area contributed by atoms with Gasteiger partial charge in [0.2, 0.25) is 0 Å². The molecule has 0 aliphatic carbocycles. The molecule has 0 atom stereocenters. The number of aryl methyl sites for hydroxylation is 1. The van der Waals surface area contributed by atoms with Gasteiger partial charge in [0.15, 0.2) is 0 Å². The van der Waals surface area contributed by atoms with Crippen LogP contribution in [0.3, 0.4) is 0 Å². The van der Waals surface area contributed by atoms with Crippen molar-refractivity contribution in [1.82, 2.24) is 30.2 Å². The van der Waals surface area contributed by atoms with Gasteiger partial charge >= 0.3 is 0 Å². The lowest BCUT2D eigenvalue weighted by Crippen LogP contribution is -2.44. The Morgan fingerprint density at radius 1 is 1.00 bits per heavy atom. The van der Waals surface area contributed by atoms with E-state index in [-0.39, 0.29) is 5.91 Å². The zero-order chi connectivity index (χ0) is 23.2. The van der Waals surface area contributed by atoms with Crippen molar-refractivity contribution in [3.05, 3.63) is 59.7 Å². The third-order valence-electron chi connectivity index (χ3n) is 6.71. The van der Waals surface area contributed by atoms with Crippen LogP contribution in [0.15, 0.2) is 42.9 Å². The minimum atomic E-state index is -0.106. The second kappa shape index (κ2) is 8.11. The molecular weight excluding hydrogens is 428 g/mol. The van der Waals surface area contributed by atoms with Crippen molar-refractivity contribution in [2.75, 3.05) is 43.4 Å². The molecule has 1 saturated heterocycles. The summed E-state index contributed by atoms with van der Waals surface area (Å²) in [6, 6.07) is 7.97. The second-order valence-corrected chi connectivity index (χ2v) is 8.90. The van der Waals surface area contributed by atoms with Gasteiger partial charge in [0.25, 0.3) is 5.91 Å². The Morgan fingerprint density at radius 2 is 1.85 bits per heavy atom. The molecule has 34 heavy (non-hydrogen) atoms. The lowest BCUT2D eigenvalue weighted by atomic mass is 10.00. The van der Waals surface area contributed by atoms with Crippen LogP contribution in [0.5, 0.6) is 0 Å². The van der Waals surface area contributed by atoms with E-state index < -0.39 is 0 Å². The Morgan fingerprint density at radius 3 is 2.65 bits per heavy atom. The van der Waals surface area contributed by atoms with Crippen LogP contribution in [0.2, 0.25) is 0 Å². The van der Waals surface area contributed by atoms with Crippen molar-refractivity contribution < 1.29 is 4.79 Å². The summed E-state index contributed by atoms with van der Waals surface area (Å²) < 4.78 is 0. The highest BCUT2D eigenvalue weighted by Crippen LogP contribution is 2.37. The molecule has 0 bridgehead atoms. The van der Waals surface area contributed by atoms with Crippen molar-refractivity contribution in [3.63, 3.8) is 0 Å². The average molecular weight is 455 g/mol. The molecule has 9 nitrogen and oxygen atoms in total. The Bertz CT molecular complexity index is 1390. The van der Waals surface area contributed by atoms with Crippen LogP contribution in [0.25, 0.3) is 22.3 Å². The van der Waals surface area contributed by atoms with Crippen molar-refractivity contribution in [3.8, 4) is 11.3 Å². The number of amides is 1. The fourth-order valence-corrected chi connectivity index (χ4v) is 4.85. The van der Waals surface area contributed by atoms with E-state index in [1.54, 1.807) is 12.4 Å². The lowest BCUT2D eigenvalue weighted by Gasteiger charge is -2.33. The largest absolute Gasteiger partial charge is 0.368 e. The molecule has 2 aliphatic heterocycles. The number of rotatable bonds is 4. The van der Waals surface area contributed by atoms with Crippen LogP contribution in [-0.2, 0) is 6.54 Å². The number of aromatic nitrogens is 4. The Balaban J connectivity index is 1.33. The molecule has 0 saturated carbocycles. The van der Waals surface area contributed by atoms with Gasteiger partial charge in [0.1, 0.15) is 11.5 Å². The molecule has 4 aromatic rings. The highest BCUT2D eigenvalue weighted by Gasteiger charge is 2.29. The van der Waals surface area contributed by atoms with Gasteiger partial charge in [-0.15, -0.1) is 0 Å². The van der Waals surface area contributed by atoms with E-state index in [2.05, 4.69) is 48.5 Å². The quantitative estimate of drug-likeness (QED) is 0.436. The van der Waals surface area contributed by atoms with Gasteiger partial charge in [-0.25, -0.2) is 9.97 Å². The number of nitrogens with one attached hydrogen (secondary N) is 3. The lowest BCUT2D eigenvalue weighted by molar-refractivity contribution is 0.0966. The Hall–Kier alpha value is -3.98. The molecule has 4 aromatic heterocycles. The highest BCUT2D eigenvalue weighted by atomic mass is 16.1. The second-order valence-electron chi connectivity index (χ2n) is 8.90. The molecule has 0 radical (unpaired) electrons. The number of hydrogen-bond acceptors (Lipinski definition) is 7. The summed E-state index contributed by atoms with van der Waals surface area (Å²) >= 11 is 0. The monoisotopic (exact) mass is 454 g/mol. The molecule has 0 unspecified atom stereocenters. The van der Waals surface area contributed by atoms with Crippen LogP contribution < -0.4 is 15.5 Å². The average Bonchev–Trinajstić information content (AvgIpc) is 3.40. The summed E-state index contributed by atoms with van der Waals surface area (Å²) in [6.07, 6.45) is 5.38. The third kappa shape index (κ3) is 3.45. The first-order valence-corrected chi connectivity index (χ1v) is 11.5. The first-order valence-electron chi connectivity index (χ1n) is 11.5. The van der Waals surface area contributed by atoms with E-state index in [0.29, 0.717) is 23.6 Å². The molecule has 0 spiro atoms. The van der Waals surface area contributed by atoms with Crippen LogP contribution in [-0.4, -0.2) is 64.0 Å². The first kappa shape index (κ1) is 20.6. The Labute approximate surface area is 197 Å². The van der Waals surface area contributed by atoms with E-state index >= 15 is 0 Å². The molecule has 6 rings (SSSR count). The zero-order valence-electron chi connectivity index (χ0n) is 19.2. The molecule has 3 N–H and O–H groups in total. The summed E-state index contributed by atoms with van der Waals surface area (Å²) in [5.74, 6) is 0.577. The van der Waals surface area contributed by atoms with Gasteiger partial charge in [0.05, 0.1) is 35.0 Å². The first-order chi connectivity index (χ1) is 16.6. The van der Waals surface area contributed by atoms with Gasteiger partial charge in [-0.1, -0.05) is 0 Å². The maximum Gasteiger partial charge on any atom is 0.254 e. The van der Waals surface area contributed by atoms with Crippen LogP contribution in [0, 0.1) is 6.92 Å². The summed E-state index contributed by atoms with van der Waals surface area (Å²) in [6.45, 7) is 6.53. The van der Waals surface area contributed by atoms with E-state index in [0.717, 1.165) is 65.4 Å². The molecule has 172 valence electrons. The summed E-state index contributed by atoms with van der Waals surface area (Å²) in [4.78, 5) is 34.6. The Kier molecular flexibility index (Phi) is 4.91. The standard InChI is InChI=1S/C25H26N8O/c1-15-21(17-4-3-7-26-24(17)30-15)23-18-13-29-25(34)22(18)19(14-28-23)31-20-6-5-16(12-27-20)33-10-8-32(2)9-11-33/h3-7,12,14H,8-11,13H2,1-2H3,(H,26,30)(H,27,31)(H,29,34). The fourth-order valence-electron chi connectivity index (χ4n) is 4.85. The topological polar surface area (TPSA) is 102 Å². The zero-order valence-corrected chi connectivity index (χ0v) is 19.2. The van der Waals surface area contributed by atoms with E-state index in [9.17, 15) is 4.79 Å². The van der Waals surface area contributed by atoms with Crippen LogP contribution in [0.1, 0.15) is 21.6 Å². The number of hydrogen-bond donors (Lipinski definition) is 3. The highest BCUT2D eigenvalue weighted by molar-refractivity contribution is 6.07. The molecule has 9 heteroatoms. The maximum absolute atomic E-state index is 12.8. The van der Waals surface area contributed by atoms with Crippen molar-refractivity contribution in [2.45, 2.75) is 13.5 Å². The number of carbonyl (C=O) groups is 1. The maximum atomic E-state index is 12.8. The summed E-state index contributed by atoms with van der Waals surface area (Å²) in [5, 5.41) is 7.27. The smallest absolute Gasteiger partial charge is 0.254 e. The fraction of sp³-hybridized carbons (Fsp3) is 0.280. The molecular formula is C25H26N8O. The molecule has 6 heterocycles. The van der Waals surface area contributed by atoms with Gasteiger partial charge in [0, 0.05) is 61.1 Å². The number of likely N-dealkylation sites (N-methyl/N-ethyl adjacent to an activating group) is 1. The van der Waals surface area contributed by atoms with E-state index in [1.165, 1.54) is 0 Å². The van der Waals surface area contributed by atoms with Crippen LogP contribution >= 0.6 is 0 Å². The van der Waals surface area contributed by atoms with Crippen LogP contribution in [0.4, 0.5) is 17.2 Å². The van der Waals surface area contributed by atoms with Gasteiger partial charge in [-0.3, -0.25) is 9.78 Å². The van der Waals surface area contributed by atoms with Gasteiger partial charge < -0.3 is 25.4 Å². The molecule has 1 amide bonds. The molecule has 0 aromatic carbocycles. The van der Waals surface area contributed by atoms with Gasteiger partial charge in [-0.2, -0.15) is 0 Å². The number of aromatic amines is 1. The number of nitrogens with zero attached hydrogens (tertiary/aromatic N) is 5. The number of fused-ring (bicyclic) bond motifs is 2. The SMILES string of the molecule is Cc1[nH]c2ncccc2c1-c1ncc(Nc2ccc(N3CCN(C)CC3)cn2)c2c1CNC2=O. The molecule has 1 fully saturated rings. The number of H-pyrrole nitrogens is 1. The third-order valence-corrected chi connectivity index (χ3v) is 6.71. The minimum Gasteiger partial charge on any atom is -0.368 e. The number of anilines is 3. The predicted molar refractivity (Wildman–Crippen MR) is 132 cm³/mol. The van der Waals surface area contributed by atoms with E-state index in [1.807, 2.05) is 31.3 Å². The summed E-state index contributed by atoms with van der Waals surface area (Å²) in [5.41, 5.74) is 6.84. The number of carbonyl (C=O) groups excluding carboxylic acids is 1. The van der Waals surface area contributed by atoms with E-state index in [4.69, 9.17) is 4.98 Å². The van der Waals surface area contributed by atoms with Crippen molar-refractivity contribution in [2.24, 2.45) is 0 Å². The van der Waals surface area contributed by atoms with Crippen molar-refractivity contribution >= 4 is 34.1 Å². The number of piperazine rings is 1. The van der Waals surface area contributed by atoms with Gasteiger partial charge in [-0.05, 0) is 38.2 Å². The summed E-state index contributed by atoms with van der Waals surface area (Å²) in [7, 11) is 2.15. The minimum absolute atomic E-state index is 0.106. The predicted octanol–water partition coefficient (Wildman–Crippen LogP) is 3.07. The normalized spacial score (nSPS) is 16.1. The number of pyridine rings is 3. The van der Waals surface area contributed by atoms with Crippen molar-refractivity contribution in [1.29, 1.82) is 0 Å². The molecule has 2 aliphatic rings.